The lowest BCUT2D eigenvalue weighted by atomic mass is 9.99. The molecule has 2 aliphatic heterocycles. The Kier molecular flexibility index (Phi) is 4.53. The largest absolute Gasteiger partial charge is 0.347 e. The lowest BCUT2D eigenvalue weighted by Gasteiger charge is -2.38. The molecule has 25 heavy (non-hydrogen) atoms. The number of H-pyrrole nitrogens is 1. The van der Waals surface area contributed by atoms with Crippen molar-refractivity contribution < 1.29 is 9.18 Å². The minimum absolute atomic E-state index is 0.105. The Bertz CT molecular complexity index is 736. The van der Waals surface area contributed by atoms with E-state index in [4.69, 9.17) is 0 Å². The fraction of sp³-hybridized carbons (Fsp3) is 0.474. The summed E-state index contributed by atoms with van der Waals surface area (Å²) < 4.78 is 13.4. The molecule has 1 fully saturated rings. The summed E-state index contributed by atoms with van der Waals surface area (Å²) in [5.41, 5.74) is 2.96. The molecule has 2 aromatic rings. The number of piperidine rings is 1. The third kappa shape index (κ3) is 3.31. The summed E-state index contributed by atoms with van der Waals surface area (Å²) in [5, 5.41) is 0. The molecule has 0 aliphatic carbocycles. The highest BCUT2D eigenvalue weighted by Crippen LogP contribution is 2.28. The van der Waals surface area contributed by atoms with Crippen molar-refractivity contribution in [1.82, 2.24) is 19.8 Å². The molecule has 0 saturated carbocycles. The summed E-state index contributed by atoms with van der Waals surface area (Å²) in [6.45, 7) is 3.08. The van der Waals surface area contributed by atoms with E-state index >= 15 is 0 Å². The number of halogens is 1. The Labute approximate surface area is 146 Å². The molecular formula is C19H23FN4O. The van der Waals surface area contributed by atoms with Crippen LogP contribution in [0.5, 0.6) is 0 Å². The summed E-state index contributed by atoms with van der Waals surface area (Å²) in [7, 11) is 0. The minimum atomic E-state index is -0.328. The maximum atomic E-state index is 13.4. The second kappa shape index (κ2) is 6.96. The first-order valence-corrected chi connectivity index (χ1v) is 9.02. The molecule has 6 heteroatoms. The molecule has 5 nitrogen and oxygen atoms in total. The van der Waals surface area contributed by atoms with Crippen LogP contribution in [0.15, 0.2) is 30.6 Å². The normalized spacial score (nSPS) is 19.5. The summed E-state index contributed by atoms with van der Waals surface area (Å²) in [4.78, 5) is 25.0. The predicted molar refractivity (Wildman–Crippen MR) is 92.3 cm³/mol. The topological polar surface area (TPSA) is 52.2 Å². The number of fused-ring (bicyclic) bond motifs is 1. The lowest BCUT2D eigenvalue weighted by molar-refractivity contribution is -0.138. The molecule has 2 aliphatic rings. The van der Waals surface area contributed by atoms with E-state index in [1.54, 1.807) is 18.5 Å². The van der Waals surface area contributed by atoms with Crippen molar-refractivity contribution in [3.05, 3.63) is 53.4 Å². The molecule has 0 radical (unpaired) electrons. The number of amides is 1. The molecular weight excluding hydrogens is 319 g/mol. The van der Waals surface area contributed by atoms with E-state index in [0.29, 0.717) is 13.1 Å². The van der Waals surface area contributed by atoms with Crippen molar-refractivity contribution >= 4 is 5.91 Å². The average molecular weight is 342 g/mol. The fourth-order valence-electron chi connectivity index (χ4n) is 3.90. The van der Waals surface area contributed by atoms with E-state index in [9.17, 15) is 9.18 Å². The molecule has 132 valence electrons. The highest BCUT2D eigenvalue weighted by molar-refractivity contribution is 5.83. The first-order chi connectivity index (χ1) is 12.2. The van der Waals surface area contributed by atoms with Gasteiger partial charge in [0, 0.05) is 13.0 Å². The van der Waals surface area contributed by atoms with Gasteiger partial charge in [-0.05, 0) is 43.6 Å². The number of aromatic amines is 1. The van der Waals surface area contributed by atoms with E-state index in [0.717, 1.165) is 49.3 Å². The monoisotopic (exact) mass is 342 g/mol. The standard InChI is InChI=1S/C19H23FN4O/c20-15-6-4-14(5-7-15)18(23-9-2-1-3-10-23)19(25)24-11-8-16-17(12-24)22-13-21-16/h4-7,13,18H,1-3,8-12H2,(H,21,22). The van der Waals surface area contributed by atoms with Gasteiger partial charge in [-0.15, -0.1) is 0 Å². The number of aromatic nitrogens is 2. The summed E-state index contributed by atoms with van der Waals surface area (Å²) >= 11 is 0. The summed E-state index contributed by atoms with van der Waals surface area (Å²) in [6, 6.07) is 6.06. The van der Waals surface area contributed by atoms with Gasteiger partial charge in [0.2, 0.25) is 5.91 Å². The molecule has 0 spiro atoms. The molecule has 1 N–H and O–H groups in total. The third-order valence-electron chi connectivity index (χ3n) is 5.26. The van der Waals surface area contributed by atoms with Gasteiger partial charge >= 0.3 is 0 Å². The van der Waals surface area contributed by atoms with Crippen molar-refractivity contribution in [2.75, 3.05) is 19.6 Å². The van der Waals surface area contributed by atoms with Crippen LogP contribution in [0.1, 0.15) is 42.3 Å². The highest BCUT2D eigenvalue weighted by Gasteiger charge is 2.34. The Balaban J connectivity index is 1.60. The molecule has 1 unspecified atom stereocenters. The number of rotatable bonds is 3. The minimum Gasteiger partial charge on any atom is -0.347 e. The smallest absolute Gasteiger partial charge is 0.244 e. The average Bonchev–Trinajstić information content (AvgIpc) is 3.12. The Morgan fingerprint density at radius 2 is 1.88 bits per heavy atom. The molecule has 1 amide bonds. The number of carbonyl (C=O) groups excluding carboxylic acids is 1. The van der Waals surface area contributed by atoms with E-state index in [2.05, 4.69) is 14.9 Å². The van der Waals surface area contributed by atoms with E-state index in [1.807, 2.05) is 4.90 Å². The number of carbonyl (C=O) groups is 1. The fourth-order valence-corrected chi connectivity index (χ4v) is 3.90. The van der Waals surface area contributed by atoms with Gasteiger partial charge in [0.1, 0.15) is 11.9 Å². The van der Waals surface area contributed by atoms with E-state index < -0.39 is 0 Å². The van der Waals surface area contributed by atoms with Crippen LogP contribution in [0.25, 0.3) is 0 Å². The van der Waals surface area contributed by atoms with Crippen LogP contribution in [0.4, 0.5) is 4.39 Å². The Morgan fingerprint density at radius 1 is 1.12 bits per heavy atom. The van der Waals surface area contributed by atoms with Gasteiger partial charge in [0.05, 0.1) is 24.3 Å². The van der Waals surface area contributed by atoms with Crippen LogP contribution >= 0.6 is 0 Å². The quantitative estimate of drug-likeness (QED) is 0.933. The van der Waals surface area contributed by atoms with Gasteiger partial charge in [0.15, 0.2) is 0 Å². The van der Waals surface area contributed by atoms with Gasteiger partial charge in [-0.2, -0.15) is 0 Å². The van der Waals surface area contributed by atoms with Crippen molar-refractivity contribution in [1.29, 1.82) is 0 Å². The third-order valence-corrected chi connectivity index (χ3v) is 5.26. The molecule has 4 rings (SSSR count). The molecule has 3 heterocycles. The predicted octanol–water partition coefficient (Wildman–Crippen LogP) is 2.66. The maximum absolute atomic E-state index is 13.4. The summed E-state index contributed by atoms with van der Waals surface area (Å²) in [6.07, 6.45) is 5.90. The number of nitrogens with one attached hydrogen (secondary N) is 1. The zero-order valence-electron chi connectivity index (χ0n) is 14.2. The van der Waals surface area contributed by atoms with Crippen LogP contribution in [0.2, 0.25) is 0 Å². The zero-order chi connectivity index (χ0) is 17.2. The van der Waals surface area contributed by atoms with Crippen LogP contribution in [-0.2, 0) is 17.8 Å². The van der Waals surface area contributed by atoms with Crippen LogP contribution < -0.4 is 0 Å². The maximum Gasteiger partial charge on any atom is 0.244 e. The van der Waals surface area contributed by atoms with Crippen molar-refractivity contribution in [3.63, 3.8) is 0 Å². The number of benzene rings is 1. The highest BCUT2D eigenvalue weighted by atomic mass is 19.1. The Morgan fingerprint density at radius 3 is 2.64 bits per heavy atom. The van der Waals surface area contributed by atoms with Crippen molar-refractivity contribution in [2.24, 2.45) is 0 Å². The first-order valence-electron chi connectivity index (χ1n) is 9.02. The lowest BCUT2D eigenvalue weighted by Crippen LogP contribution is -2.46. The van der Waals surface area contributed by atoms with E-state index in [-0.39, 0.29) is 17.8 Å². The second-order valence-corrected chi connectivity index (χ2v) is 6.89. The molecule has 1 atom stereocenters. The first kappa shape index (κ1) is 16.3. The van der Waals surface area contributed by atoms with Gasteiger partial charge in [-0.1, -0.05) is 18.6 Å². The van der Waals surface area contributed by atoms with Crippen molar-refractivity contribution in [2.45, 2.75) is 38.3 Å². The van der Waals surface area contributed by atoms with E-state index in [1.165, 1.54) is 18.6 Å². The Hall–Kier alpha value is -2.21. The summed E-state index contributed by atoms with van der Waals surface area (Å²) in [5.74, 6) is -0.164. The van der Waals surface area contributed by atoms with Crippen LogP contribution in [-0.4, -0.2) is 45.3 Å². The number of likely N-dealkylation sites (tertiary alicyclic amines) is 1. The van der Waals surface area contributed by atoms with Gasteiger partial charge < -0.3 is 9.88 Å². The van der Waals surface area contributed by atoms with Gasteiger partial charge in [-0.3, -0.25) is 9.69 Å². The number of nitrogens with zero attached hydrogens (tertiary/aromatic N) is 3. The van der Waals surface area contributed by atoms with Crippen LogP contribution in [0, 0.1) is 5.82 Å². The zero-order valence-corrected chi connectivity index (χ0v) is 14.2. The number of hydrogen-bond acceptors (Lipinski definition) is 3. The van der Waals surface area contributed by atoms with Gasteiger partial charge in [0.25, 0.3) is 0 Å². The molecule has 0 bridgehead atoms. The van der Waals surface area contributed by atoms with Crippen LogP contribution in [0.3, 0.4) is 0 Å². The molecule has 1 aromatic heterocycles. The van der Waals surface area contributed by atoms with Gasteiger partial charge in [-0.25, -0.2) is 9.37 Å². The number of imidazole rings is 1. The molecule has 1 aromatic carbocycles. The van der Waals surface area contributed by atoms with Crippen molar-refractivity contribution in [3.8, 4) is 0 Å². The number of hydrogen-bond donors (Lipinski definition) is 1. The second-order valence-electron chi connectivity index (χ2n) is 6.89. The SMILES string of the molecule is O=C(C(c1ccc(F)cc1)N1CCCCC1)N1CCc2nc[nH]c2C1. The molecule has 1 saturated heterocycles.